The van der Waals surface area contributed by atoms with Gasteiger partial charge in [-0.25, -0.2) is 4.79 Å². The fourth-order valence-electron chi connectivity index (χ4n) is 1.33. The van der Waals surface area contributed by atoms with Crippen LogP contribution in [0.3, 0.4) is 0 Å². The minimum atomic E-state index is -0.896. The van der Waals surface area contributed by atoms with Crippen molar-refractivity contribution in [3.05, 3.63) is 27.8 Å². The predicted octanol–water partition coefficient (Wildman–Crippen LogP) is 2.52. The minimum Gasteiger partial charge on any atom is -0.481 e. The Labute approximate surface area is 119 Å². The summed E-state index contributed by atoms with van der Waals surface area (Å²) in [7, 11) is 0. The van der Waals surface area contributed by atoms with Crippen LogP contribution in [0.5, 0.6) is 0 Å². The lowest BCUT2D eigenvalue weighted by Crippen LogP contribution is -2.35. The second kappa shape index (κ2) is 7.20. The molecule has 0 radical (unpaired) electrons. The van der Waals surface area contributed by atoms with E-state index in [0.717, 1.165) is 3.57 Å². The van der Waals surface area contributed by atoms with E-state index in [0.29, 0.717) is 12.1 Å². The highest BCUT2D eigenvalue weighted by molar-refractivity contribution is 14.1. The summed E-state index contributed by atoms with van der Waals surface area (Å²) in [6.45, 7) is 1.90. The summed E-state index contributed by atoms with van der Waals surface area (Å²) in [6, 6.07) is 6.94. The molecule has 1 unspecified atom stereocenters. The largest absolute Gasteiger partial charge is 0.481 e. The van der Waals surface area contributed by atoms with E-state index >= 15 is 0 Å². The predicted molar refractivity (Wildman–Crippen MR) is 77.6 cm³/mol. The quantitative estimate of drug-likeness (QED) is 0.705. The number of benzene rings is 1. The summed E-state index contributed by atoms with van der Waals surface area (Å²) in [4.78, 5) is 22.3. The van der Waals surface area contributed by atoms with Crippen LogP contribution in [0.2, 0.25) is 0 Å². The average molecular weight is 362 g/mol. The Morgan fingerprint density at radius 2 is 1.94 bits per heavy atom. The molecule has 0 aromatic heterocycles. The smallest absolute Gasteiger partial charge is 0.319 e. The Bertz CT molecular complexity index is 420. The molecule has 5 nitrogen and oxygen atoms in total. The van der Waals surface area contributed by atoms with Crippen LogP contribution in [0.15, 0.2) is 24.3 Å². The molecule has 0 aliphatic carbocycles. The first kappa shape index (κ1) is 14.7. The molecule has 0 bridgehead atoms. The molecular formula is C12H15IN2O3. The Kier molecular flexibility index (Phi) is 5.90. The lowest BCUT2D eigenvalue weighted by molar-refractivity contribution is -0.141. The van der Waals surface area contributed by atoms with Crippen molar-refractivity contribution in [2.75, 3.05) is 11.9 Å². The highest BCUT2D eigenvalue weighted by Crippen LogP contribution is 2.10. The van der Waals surface area contributed by atoms with Gasteiger partial charge < -0.3 is 15.7 Å². The molecule has 0 fully saturated rings. The van der Waals surface area contributed by atoms with E-state index in [-0.39, 0.29) is 6.54 Å². The van der Waals surface area contributed by atoms with Gasteiger partial charge in [-0.3, -0.25) is 4.79 Å². The Balaban J connectivity index is 2.42. The third-order valence-electron chi connectivity index (χ3n) is 2.45. The van der Waals surface area contributed by atoms with Crippen LogP contribution in [0, 0.1) is 9.49 Å². The van der Waals surface area contributed by atoms with E-state index in [1.165, 1.54) is 0 Å². The van der Waals surface area contributed by atoms with Crippen LogP contribution in [0.25, 0.3) is 0 Å². The van der Waals surface area contributed by atoms with Gasteiger partial charge in [-0.2, -0.15) is 0 Å². The topological polar surface area (TPSA) is 78.4 Å². The van der Waals surface area contributed by atoms with Gasteiger partial charge in [0.15, 0.2) is 0 Å². The molecule has 0 heterocycles. The SMILES string of the molecule is CCC(CNC(=O)Nc1ccc(I)cc1)C(=O)O. The molecule has 3 N–H and O–H groups in total. The molecule has 18 heavy (non-hydrogen) atoms. The second-order valence-corrected chi connectivity index (χ2v) is 5.03. The van der Waals surface area contributed by atoms with Crippen molar-refractivity contribution in [3.8, 4) is 0 Å². The monoisotopic (exact) mass is 362 g/mol. The molecule has 0 saturated heterocycles. The summed E-state index contributed by atoms with van der Waals surface area (Å²) in [6.07, 6.45) is 0.485. The molecule has 0 spiro atoms. The number of halogens is 1. The third-order valence-corrected chi connectivity index (χ3v) is 3.17. The van der Waals surface area contributed by atoms with Gasteiger partial charge in [0.25, 0.3) is 0 Å². The molecule has 1 rings (SSSR count). The Morgan fingerprint density at radius 3 is 2.44 bits per heavy atom. The van der Waals surface area contributed by atoms with Crippen molar-refractivity contribution in [3.63, 3.8) is 0 Å². The maximum absolute atomic E-state index is 11.5. The van der Waals surface area contributed by atoms with Gasteiger partial charge in [0.1, 0.15) is 0 Å². The van der Waals surface area contributed by atoms with Crippen LogP contribution in [0.4, 0.5) is 10.5 Å². The molecule has 1 atom stereocenters. The van der Waals surface area contributed by atoms with E-state index in [2.05, 4.69) is 33.2 Å². The number of carboxylic acids is 1. The van der Waals surface area contributed by atoms with Gasteiger partial charge in [0.05, 0.1) is 5.92 Å². The summed E-state index contributed by atoms with van der Waals surface area (Å²) in [5, 5.41) is 14.0. The van der Waals surface area contributed by atoms with Crippen molar-refractivity contribution in [2.45, 2.75) is 13.3 Å². The van der Waals surface area contributed by atoms with Gasteiger partial charge in [-0.15, -0.1) is 0 Å². The first-order valence-corrected chi connectivity index (χ1v) is 6.64. The summed E-state index contributed by atoms with van der Waals surface area (Å²) < 4.78 is 1.08. The van der Waals surface area contributed by atoms with Crippen LogP contribution in [-0.2, 0) is 4.79 Å². The number of hydrogen-bond donors (Lipinski definition) is 3. The van der Waals surface area contributed by atoms with Crippen LogP contribution < -0.4 is 10.6 Å². The fraction of sp³-hybridized carbons (Fsp3) is 0.333. The van der Waals surface area contributed by atoms with Crippen molar-refractivity contribution in [1.29, 1.82) is 0 Å². The maximum atomic E-state index is 11.5. The summed E-state index contributed by atoms with van der Waals surface area (Å²) in [5.74, 6) is -1.44. The first-order valence-electron chi connectivity index (χ1n) is 5.56. The zero-order valence-corrected chi connectivity index (χ0v) is 12.1. The van der Waals surface area contributed by atoms with Gasteiger partial charge >= 0.3 is 12.0 Å². The molecule has 0 aliphatic rings. The first-order chi connectivity index (χ1) is 8.52. The molecular weight excluding hydrogens is 347 g/mol. The van der Waals surface area contributed by atoms with Crippen LogP contribution in [-0.4, -0.2) is 23.7 Å². The third kappa shape index (κ3) is 4.91. The van der Waals surface area contributed by atoms with Crippen molar-refractivity contribution < 1.29 is 14.7 Å². The average Bonchev–Trinajstić information content (AvgIpc) is 2.32. The molecule has 1 aromatic carbocycles. The fourth-order valence-corrected chi connectivity index (χ4v) is 1.69. The molecule has 1 aromatic rings. The van der Waals surface area contributed by atoms with Gasteiger partial charge in [0, 0.05) is 15.8 Å². The summed E-state index contributed by atoms with van der Waals surface area (Å²) in [5.41, 5.74) is 0.677. The number of rotatable bonds is 5. The normalized spacial score (nSPS) is 11.7. The Hall–Kier alpha value is -1.31. The zero-order chi connectivity index (χ0) is 13.5. The molecule has 98 valence electrons. The van der Waals surface area contributed by atoms with E-state index < -0.39 is 17.9 Å². The van der Waals surface area contributed by atoms with Crippen LogP contribution >= 0.6 is 22.6 Å². The number of hydrogen-bond acceptors (Lipinski definition) is 2. The van der Waals surface area contributed by atoms with E-state index in [9.17, 15) is 9.59 Å². The van der Waals surface area contributed by atoms with Gasteiger partial charge in [-0.05, 0) is 53.3 Å². The number of carboxylic acid groups (broad SMARTS) is 1. The number of anilines is 1. The number of carbonyl (C=O) groups is 2. The van der Waals surface area contributed by atoms with E-state index in [4.69, 9.17) is 5.11 Å². The minimum absolute atomic E-state index is 0.127. The van der Waals surface area contributed by atoms with Crippen LogP contribution in [0.1, 0.15) is 13.3 Å². The molecule has 6 heteroatoms. The number of aliphatic carboxylic acids is 1. The molecule has 2 amide bonds. The maximum Gasteiger partial charge on any atom is 0.319 e. The van der Waals surface area contributed by atoms with Gasteiger partial charge in [-0.1, -0.05) is 6.92 Å². The lowest BCUT2D eigenvalue weighted by Gasteiger charge is -2.12. The van der Waals surface area contributed by atoms with E-state index in [1.54, 1.807) is 19.1 Å². The molecule has 0 aliphatic heterocycles. The lowest BCUT2D eigenvalue weighted by atomic mass is 10.1. The standard InChI is InChI=1S/C12H15IN2O3/c1-2-8(11(16)17)7-14-12(18)15-10-5-3-9(13)4-6-10/h3-6,8H,2,7H2,1H3,(H,16,17)(H2,14,15,18). The molecule has 0 saturated carbocycles. The number of urea groups is 1. The van der Waals surface area contributed by atoms with Crippen molar-refractivity contribution >= 4 is 40.3 Å². The number of amides is 2. The second-order valence-electron chi connectivity index (χ2n) is 3.79. The zero-order valence-electron chi connectivity index (χ0n) is 9.94. The van der Waals surface area contributed by atoms with Gasteiger partial charge in [0.2, 0.25) is 0 Å². The highest BCUT2D eigenvalue weighted by atomic mass is 127. The number of carbonyl (C=O) groups excluding carboxylic acids is 1. The van der Waals surface area contributed by atoms with Crippen molar-refractivity contribution in [1.82, 2.24) is 5.32 Å². The Morgan fingerprint density at radius 1 is 1.33 bits per heavy atom. The van der Waals surface area contributed by atoms with Crippen molar-refractivity contribution in [2.24, 2.45) is 5.92 Å². The highest BCUT2D eigenvalue weighted by Gasteiger charge is 2.15. The summed E-state index contributed by atoms with van der Waals surface area (Å²) >= 11 is 2.17. The number of nitrogens with one attached hydrogen (secondary N) is 2. The van der Waals surface area contributed by atoms with E-state index in [1.807, 2.05) is 12.1 Å².